The van der Waals surface area contributed by atoms with Crippen molar-refractivity contribution in [3.63, 3.8) is 0 Å². The van der Waals surface area contributed by atoms with Crippen LogP contribution in [0.5, 0.6) is 0 Å². The van der Waals surface area contributed by atoms with Gasteiger partial charge in [0, 0.05) is 12.5 Å². The van der Waals surface area contributed by atoms with Gasteiger partial charge in [-0.05, 0) is 33.6 Å². The van der Waals surface area contributed by atoms with Gasteiger partial charge in [0.2, 0.25) is 5.91 Å². The van der Waals surface area contributed by atoms with Crippen molar-refractivity contribution in [1.29, 1.82) is 0 Å². The van der Waals surface area contributed by atoms with E-state index in [0.29, 0.717) is 13.0 Å². The van der Waals surface area contributed by atoms with Gasteiger partial charge < -0.3 is 14.7 Å². The van der Waals surface area contributed by atoms with Gasteiger partial charge in [-0.25, -0.2) is 4.79 Å². The van der Waals surface area contributed by atoms with Gasteiger partial charge in [0.05, 0.1) is 6.42 Å². The molecule has 6 heteroatoms. The summed E-state index contributed by atoms with van der Waals surface area (Å²) in [5.74, 6) is -2.35. The molecule has 1 unspecified atom stereocenters. The van der Waals surface area contributed by atoms with Crippen LogP contribution in [0.4, 0.5) is 0 Å². The molecular formula is C14H23NO5. The first-order valence-corrected chi connectivity index (χ1v) is 6.87. The zero-order valence-electron chi connectivity index (χ0n) is 12.5. The lowest BCUT2D eigenvalue weighted by molar-refractivity contribution is -0.164. The summed E-state index contributed by atoms with van der Waals surface area (Å²) in [6, 6.07) is -0.585. The highest BCUT2D eigenvalue weighted by Gasteiger charge is 2.38. The molecule has 0 aromatic heterocycles. The van der Waals surface area contributed by atoms with Gasteiger partial charge in [-0.1, -0.05) is 6.92 Å². The van der Waals surface area contributed by atoms with Crippen LogP contribution >= 0.6 is 0 Å². The molecule has 1 heterocycles. The zero-order chi connectivity index (χ0) is 15.5. The van der Waals surface area contributed by atoms with Crippen LogP contribution in [0.1, 0.15) is 47.0 Å². The topological polar surface area (TPSA) is 83.9 Å². The van der Waals surface area contributed by atoms with Crippen LogP contribution in [0.15, 0.2) is 0 Å². The Hall–Kier alpha value is -1.59. The number of nitrogens with zero attached hydrogens (tertiary/aromatic N) is 1. The molecule has 1 N–H and O–H groups in total. The minimum absolute atomic E-state index is 0.226. The Morgan fingerprint density at radius 1 is 1.35 bits per heavy atom. The summed E-state index contributed by atoms with van der Waals surface area (Å²) in [6.07, 6.45) is 1.08. The van der Waals surface area contributed by atoms with Crippen molar-refractivity contribution in [3.05, 3.63) is 0 Å². The van der Waals surface area contributed by atoms with Crippen molar-refractivity contribution in [3.8, 4) is 0 Å². The summed E-state index contributed by atoms with van der Waals surface area (Å²) in [6.45, 7) is 7.38. The lowest BCUT2D eigenvalue weighted by atomic mass is 10.1. The lowest BCUT2D eigenvalue weighted by Crippen LogP contribution is -2.45. The number of carboxylic acid groups (broad SMARTS) is 1. The number of carbonyl (C=O) groups excluding carboxylic acids is 2. The summed E-state index contributed by atoms with van der Waals surface area (Å²) < 4.78 is 5.31. The molecule has 0 aromatic rings. The van der Waals surface area contributed by atoms with E-state index in [2.05, 4.69) is 0 Å². The number of likely N-dealkylation sites (tertiary alicyclic amines) is 1. The van der Waals surface area contributed by atoms with Gasteiger partial charge in [0.25, 0.3) is 0 Å². The molecule has 2 atom stereocenters. The van der Waals surface area contributed by atoms with Crippen molar-refractivity contribution in [2.45, 2.75) is 58.6 Å². The molecule has 6 nitrogen and oxygen atoms in total. The molecule has 1 rings (SSSR count). The molecule has 0 aliphatic carbocycles. The van der Waals surface area contributed by atoms with E-state index in [4.69, 9.17) is 9.84 Å². The maximum absolute atomic E-state index is 12.2. The smallest absolute Gasteiger partial charge is 0.329 e. The first-order chi connectivity index (χ1) is 9.11. The van der Waals surface area contributed by atoms with E-state index >= 15 is 0 Å². The predicted molar refractivity (Wildman–Crippen MR) is 72.0 cm³/mol. The Morgan fingerprint density at radius 2 is 1.95 bits per heavy atom. The van der Waals surface area contributed by atoms with Gasteiger partial charge >= 0.3 is 11.9 Å². The molecule has 1 amide bonds. The highest BCUT2D eigenvalue weighted by molar-refractivity contribution is 5.88. The van der Waals surface area contributed by atoms with Crippen molar-refractivity contribution >= 4 is 17.8 Å². The SMILES string of the molecule is CC(CC(=O)O)C(=O)N1CCC[C@H]1C(=O)OC(C)(C)C. The fraction of sp³-hybridized carbons (Fsp3) is 0.786. The van der Waals surface area contributed by atoms with Gasteiger partial charge in [-0.2, -0.15) is 0 Å². The van der Waals surface area contributed by atoms with E-state index in [1.165, 1.54) is 4.90 Å². The summed E-state index contributed by atoms with van der Waals surface area (Å²) in [5, 5.41) is 8.74. The molecule has 0 spiro atoms. The van der Waals surface area contributed by atoms with Crippen LogP contribution in [-0.2, 0) is 19.1 Å². The highest BCUT2D eigenvalue weighted by Crippen LogP contribution is 2.23. The van der Waals surface area contributed by atoms with Gasteiger partial charge in [0.15, 0.2) is 0 Å². The molecule has 0 radical (unpaired) electrons. The Labute approximate surface area is 119 Å². The second kappa shape index (κ2) is 6.24. The Balaban J connectivity index is 2.71. The number of hydrogen-bond acceptors (Lipinski definition) is 4. The van der Waals surface area contributed by atoms with Crippen LogP contribution in [-0.4, -0.2) is 46.0 Å². The van der Waals surface area contributed by atoms with Gasteiger partial charge in [-0.15, -0.1) is 0 Å². The summed E-state index contributed by atoms with van der Waals surface area (Å²) in [7, 11) is 0. The average Bonchev–Trinajstić information content (AvgIpc) is 2.73. The van der Waals surface area contributed by atoms with Crippen LogP contribution in [0.3, 0.4) is 0 Å². The number of aliphatic carboxylic acids is 1. The Bertz CT molecular complexity index is 399. The number of esters is 1. The minimum Gasteiger partial charge on any atom is -0.481 e. The van der Waals surface area contributed by atoms with Crippen molar-refractivity contribution in [1.82, 2.24) is 4.90 Å². The van der Waals surface area contributed by atoms with Gasteiger partial charge in [0.1, 0.15) is 11.6 Å². The third-order valence-electron chi connectivity index (χ3n) is 3.12. The molecular weight excluding hydrogens is 262 g/mol. The van der Waals surface area contributed by atoms with E-state index in [1.807, 2.05) is 0 Å². The number of rotatable bonds is 4. The molecule has 1 fully saturated rings. The van der Waals surface area contributed by atoms with Crippen LogP contribution < -0.4 is 0 Å². The second-order valence-electron chi connectivity index (χ2n) is 6.22. The summed E-state index contributed by atoms with van der Waals surface area (Å²) in [5.41, 5.74) is -0.596. The van der Waals surface area contributed by atoms with Crippen molar-refractivity contribution in [2.75, 3.05) is 6.54 Å². The molecule has 0 aromatic carbocycles. The summed E-state index contributed by atoms with van der Waals surface area (Å²) >= 11 is 0. The first kappa shape index (κ1) is 16.5. The molecule has 20 heavy (non-hydrogen) atoms. The monoisotopic (exact) mass is 285 g/mol. The predicted octanol–water partition coefficient (Wildman–Crippen LogP) is 1.43. The van der Waals surface area contributed by atoms with E-state index in [9.17, 15) is 14.4 Å². The van der Waals surface area contributed by atoms with E-state index < -0.39 is 29.5 Å². The van der Waals surface area contributed by atoms with Crippen molar-refractivity contribution in [2.24, 2.45) is 5.92 Å². The number of ether oxygens (including phenoxy) is 1. The molecule has 0 bridgehead atoms. The number of amides is 1. The molecule has 1 saturated heterocycles. The Kier molecular flexibility index (Phi) is 5.14. The standard InChI is InChI=1S/C14H23NO5/c1-9(8-11(16)17)12(18)15-7-5-6-10(15)13(19)20-14(2,3)4/h9-10H,5-8H2,1-4H3,(H,16,17)/t9?,10-/m0/s1. The van der Waals surface area contributed by atoms with Crippen LogP contribution in [0.2, 0.25) is 0 Å². The third kappa shape index (κ3) is 4.51. The van der Waals surface area contributed by atoms with E-state index in [0.717, 1.165) is 6.42 Å². The minimum atomic E-state index is -1.01. The molecule has 1 aliphatic rings. The third-order valence-corrected chi connectivity index (χ3v) is 3.12. The highest BCUT2D eigenvalue weighted by atomic mass is 16.6. The largest absolute Gasteiger partial charge is 0.481 e. The number of carbonyl (C=O) groups is 3. The zero-order valence-corrected chi connectivity index (χ0v) is 12.5. The van der Waals surface area contributed by atoms with Crippen LogP contribution in [0.25, 0.3) is 0 Å². The maximum Gasteiger partial charge on any atom is 0.329 e. The molecule has 1 aliphatic heterocycles. The first-order valence-electron chi connectivity index (χ1n) is 6.87. The lowest BCUT2D eigenvalue weighted by Gasteiger charge is -2.28. The average molecular weight is 285 g/mol. The second-order valence-corrected chi connectivity index (χ2v) is 6.22. The fourth-order valence-electron chi connectivity index (χ4n) is 2.28. The van der Waals surface area contributed by atoms with E-state index in [1.54, 1.807) is 27.7 Å². The van der Waals surface area contributed by atoms with Gasteiger partial charge in [-0.3, -0.25) is 9.59 Å². The summed E-state index contributed by atoms with van der Waals surface area (Å²) in [4.78, 5) is 36.4. The number of hydrogen-bond donors (Lipinski definition) is 1. The normalized spacial score (nSPS) is 20.6. The number of carboxylic acids is 1. The fourth-order valence-corrected chi connectivity index (χ4v) is 2.28. The van der Waals surface area contributed by atoms with Crippen LogP contribution in [0, 0.1) is 5.92 Å². The molecule has 0 saturated carbocycles. The maximum atomic E-state index is 12.2. The quantitative estimate of drug-likeness (QED) is 0.790. The molecule has 114 valence electrons. The van der Waals surface area contributed by atoms with Crippen molar-refractivity contribution < 1.29 is 24.2 Å². The van der Waals surface area contributed by atoms with E-state index in [-0.39, 0.29) is 12.3 Å². The Morgan fingerprint density at radius 3 is 2.45 bits per heavy atom.